The van der Waals surface area contributed by atoms with Crippen molar-refractivity contribution in [1.29, 1.82) is 0 Å². The van der Waals surface area contributed by atoms with Crippen LogP contribution in [-0.4, -0.2) is 58.5 Å². The summed E-state index contributed by atoms with van der Waals surface area (Å²) in [5.74, 6) is -0.253. The van der Waals surface area contributed by atoms with E-state index in [1.165, 1.54) is 49.5 Å². The van der Waals surface area contributed by atoms with Crippen LogP contribution in [0.2, 0.25) is 10.0 Å². The average Bonchev–Trinajstić information content (AvgIpc) is 3.08. The molecule has 0 aliphatic carbocycles. The third kappa shape index (κ3) is 9.43. The van der Waals surface area contributed by atoms with Crippen LogP contribution in [0, 0.1) is 5.92 Å². The summed E-state index contributed by atoms with van der Waals surface area (Å²) in [5.41, 5.74) is 1.71. The summed E-state index contributed by atoms with van der Waals surface area (Å²) in [5, 5.41) is 3.83. The van der Waals surface area contributed by atoms with E-state index in [0.29, 0.717) is 27.9 Å². The van der Waals surface area contributed by atoms with Crippen molar-refractivity contribution in [3.63, 3.8) is 0 Å². The molecule has 0 fully saturated rings. The first-order valence-electron chi connectivity index (χ1n) is 15.3. The van der Waals surface area contributed by atoms with Crippen LogP contribution in [0.1, 0.15) is 25.0 Å². The lowest BCUT2D eigenvalue weighted by atomic mass is 10.0. The minimum Gasteiger partial charge on any atom is -0.493 e. The highest BCUT2D eigenvalue weighted by molar-refractivity contribution is 7.92. The van der Waals surface area contributed by atoms with Gasteiger partial charge in [0, 0.05) is 35.6 Å². The number of hydrogen-bond acceptors (Lipinski definition) is 6. The van der Waals surface area contributed by atoms with E-state index in [1.807, 2.05) is 44.2 Å². The van der Waals surface area contributed by atoms with E-state index < -0.39 is 28.5 Å². The molecule has 4 aromatic carbocycles. The Morgan fingerprint density at radius 1 is 0.792 bits per heavy atom. The number of sulfonamides is 1. The number of ether oxygens (including phenoxy) is 2. The maximum Gasteiger partial charge on any atom is 0.264 e. The molecule has 254 valence electrons. The van der Waals surface area contributed by atoms with E-state index in [0.717, 1.165) is 9.87 Å². The number of hydrogen-bond donors (Lipinski definition) is 1. The van der Waals surface area contributed by atoms with Gasteiger partial charge in [-0.05, 0) is 65.6 Å². The zero-order valence-electron chi connectivity index (χ0n) is 27.2. The second-order valence-electron chi connectivity index (χ2n) is 11.5. The van der Waals surface area contributed by atoms with Gasteiger partial charge in [0.2, 0.25) is 11.8 Å². The molecule has 0 heterocycles. The maximum absolute atomic E-state index is 14.6. The second kappa shape index (κ2) is 16.7. The number of methoxy groups -OCH3 is 2. The summed E-state index contributed by atoms with van der Waals surface area (Å²) in [6.07, 6.45) is 0.195. The summed E-state index contributed by atoms with van der Waals surface area (Å²) >= 11 is 12.5. The van der Waals surface area contributed by atoms with Crippen LogP contribution in [0.25, 0.3) is 0 Å². The van der Waals surface area contributed by atoms with Crippen LogP contribution in [-0.2, 0) is 32.6 Å². The number of halogens is 2. The smallest absolute Gasteiger partial charge is 0.264 e. The van der Waals surface area contributed by atoms with Crippen LogP contribution in [0.15, 0.2) is 102 Å². The van der Waals surface area contributed by atoms with Crippen molar-refractivity contribution in [2.45, 2.75) is 37.8 Å². The number of rotatable bonds is 15. The minimum absolute atomic E-state index is 0.00312. The molecule has 9 nitrogen and oxygen atoms in total. The second-order valence-corrected chi connectivity index (χ2v) is 14.2. The first kappa shape index (κ1) is 36.6. The molecule has 0 saturated carbocycles. The zero-order chi connectivity index (χ0) is 34.8. The molecule has 0 radical (unpaired) electrons. The number of amides is 2. The number of nitrogens with zero attached hydrogens (tertiary/aromatic N) is 2. The lowest BCUT2D eigenvalue weighted by molar-refractivity contribution is -0.140. The Bertz CT molecular complexity index is 1800. The summed E-state index contributed by atoms with van der Waals surface area (Å²) in [4.78, 5) is 29.8. The average molecular weight is 713 g/mol. The van der Waals surface area contributed by atoms with Gasteiger partial charge in [0.15, 0.2) is 11.5 Å². The van der Waals surface area contributed by atoms with E-state index in [4.69, 9.17) is 32.7 Å². The standard InChI is InChI=1S/C36H39Cl2N3O6S/c1-25(2)22-39-36(43)32(20-26-9-6-5-7-10-26)40(23-27-11-8-12-29(38)19-27)35(42)24-41(30-15-13-28(37)14-16-30)48(44,45)31-17-18-33(46-3)34(21-31)47-4/h5-19,21,25,32H,20,22-24H2,1-4H3,(H,39,43)/t32-/m0/s1. The van der Waals surface area contributed by atoms with Crippen molar-refractivity contribution < 1.29 is 27.5 Å². The molecular formula is C36H39Cl2N3O6S. The van der Waals surface area contributed by atoms with E-state index in [-0.39, 0.29) is 41.1 Å². The van der Waals surface area contributed by atoms with Crippen molar-refractivity contribution in [2.24, 2.45) is 5.92 Å². The Morgan fingerprint density at radius 2 is 1.46 bits per heavy atom. The fourth-order valence-electron chi connectivity index (χ4n) is 5.05. The van der Waals surface area contributed by atoms with E-state index in [1.54, 1.807) is 36.4 Å². The molecule has 0 aromatic heterocycles. The zero-order valence-corrected chi connectivity index (χ0v) is 29.6. The third-order valence-electron chi connectivity index (χ3n) is 7.53. The first-order valence-corrected chi connectivity index (χ1v) is 17.5. The molecule has 4 aromatic rings. The van der Waals surface area contributed by atoms with E-state index in [2.05, 4.69) is 5.32 Å². The molecule has 1 N–H and O–H groups in total. The fourth-order valence-corrected chi connectivity index (χ4v) is 6.82. The predicted molar refractivity (Wildman–Crippen MR) is 189 cm³/mol. The van der Waals surface area contributed by atoms with Gasteiger partial charge < -0.3 is 19.7 Å². The highest BCUT2D eigenvalue weighted by Crippen LogP contribution is 2.33. The monoisotopic (exact) mass is 711 g/mol. The lowest BCUT2D eigenvalue weighted by Gasteiger charge is -2.34. The van der Waals surface area contributed by atoms with Crippen LogP contribution in [0.5, 0.6) is 11.5 Å². The van der Waals surface area contributed by atoms with Crippen molar-refractivity contribution in [1.82, 2.24) is 10.2 Å². The van der Waals surface area contributed by atoms with Gasteiger partial charge >= 0.3 is 0 Å². The molecule has 1 atom stereocenters. The normalized spacial score (nSPS) is 11.9. The Balaban J connectivity index is 1.82. The van der Waals surface area contributed by atoms with Crippen LogP contribution < -0.4 is 19.1 Å². The highest BCUT2D eigenvalue weighted by atomic mass is 35.5. The van der Waals surface area contributed by atoms with Gasteiger partial charge in [0.05, 0.1) is 24.8 Å². The van der Waals surface area contributed by atoms with Crippen molar-refractivity contribution in [3.8, 4) is 11.5 Å². The van der Waals surface area contributed by atoms with Gasteiger partial charge in [-0.1, -0.05) is 79.5 Å². The van der Waals surface area contributed by atoms with Crippen LogP contribution in [0.4, 0.5) is 5.69 Å². The lowest BCUT2D eigenvalue weighted by Crippen LogP contribution is -2.53. The molecule has 12 heteroatoms. The molecule has 0 saturated heterocycles. The fraction of sp³-hybridized carbons (Fsp3) is 0.278. The quantitative estimate of drug-likeness (QED) is 0.149. The third-order valence-corrected chi connectivity index (χ3v) is 9.79. The van der Waals surface area contributed by atoms with E-state index in [9.17, 15) is 18.0 Å². The first-order chi connectivity index (χ1) is 22.9. The van der Waals surface area contributed by atoms with Gasteiger partial charge in [0.25, 0.3) is 10.0 Å². The van der Waals surface area contributed by atoms with Crippen molar-refractivity contribution in [2.75, 3.05) is 31.6 Å². The van der Waals surface area contributed by atoms with Gasteiger partial charge in [-0.2, -0.15) is 0 Å². The summed E-state index contributed by atoms with van der Waals surface area (Å²) in [6, 6.07) is 25.7. The van der Waals surface area contributed by atoms with Gasteiger partial charge in [-0.15, -0.1) is 0 Å². The Hall–Kier alpha value is -4.25. The largest absolute Gasteiger partial charge is 0.493 e. The van der Waals surface area contributed by atoms with Crippen LogP contribution >= 0.6 is 23.2 Å². The molecule has 0 unspecified atom stereocenters. The summed E-state index contributed by atoms with van der Waals surface area (Å²) in [6.45, 7) is 3.72. The Morgan fingerprint density at radius 3 is 2.08 bits per heavy atom. The number of anilines is 1. The number of nitrogens with one attached hydrogen (secondary N) is 1. The molecular weight excluding hydrogens is 673 g/mol. The molecule has 4 rings (SSSR count). The topological polar surface area (TPSA) is 105 Å². The molecule has 48 heavy (non-hydrogen) atoms. The number of carbonyl (C=O) groups is 2. The predicted octanol–water partition coefficient (Wildman–Crippen LogP) is 6.62. The van der Waals surface area contributed by atoms with Gasteiger partial charge in [-0.25, -0.2) is 8.42 Å². The van der Waals surface area contributed by atoms with Gasteiger partial charge in [-0.3, -0.25) is 13.9 Å². The summed E-state index contributed by atoms with van der Waals surface area (Å²) < 4.78 is 40.4. The number of benzene rings is 4. The number of carbonyl (C=O) groups excluding carboxylic acids is 2. The summed E-state index contributed by atoms with van der Waals surface area (Å²) in [7, 11) is -1.52. The molecule has 0 aliphatic rings. The molecule has 0 bridgehead atoms. The molecule has 2 amide bonds. The Labute approximate surface area is 292 Å². The van der Waals surface area contributed by atoms with Crippen molar-refractivity contribution in [3.05, 3.63) is 118 Å². The van der Waals surface area contributed by atoms with Gasteiger partial charge in [0.1, 0.15) is 12.6 Å². The maximum atomic E-state index is 14.6. The van der Waals surface area contributed by atoms with Crippen molar-refractivity contribution >= 4 is 50.7 Å². The minimum atomic E-state index is -4.37. The SMILES string of the molecule is COc1ccc(S(=O)(=O)N(CC(=O)N(Cc2cccc(Cl)c2)[C@@H](Cc2ccccc2)C(=O)NCC(C)C)c2ccc(Cl)cc2)cc1OC. The van der Waals surface area contributed by atoms with Crippen LogP contribution in [0.3, 0.4) is 0 Å². The van der Waals surface area contributed by atoms with E-state index >= 15 is 0 Å². The Kier molecular flexibility index (Phi) is 12.7. The molecule has 0 aliphatic heterocycles. The highest BCUT2D eigenvalue weighted by Gasteiger charge is 2.35. The molecule has 0 spiro atoms.